The van der Waals surface area contributed by atoms with Gasteiger partial charge >= 0.3 is 6.03 Å². The topological polar surface area (TPSA) is 165 Å². The summed E-state index contributed by atoms with van der Waals surface area (Å²) in [6, 6.07) is 21.1. The van der Waals surface area contributed by atoms with Gasteiger partial charge in [-0.3, -0.25) is 9.59 Å². The number of hydrogen-bond acceptors (Lipinski definition) is 6. The minimum Gasteiger partial charge on any atom is -0.497 e. The fourth-order valence-electron chi connectivity index (χ4n) is 5.77. The van der Waals surface area contributed by atoms with Crippen molar-refractivity contribution >= 4 is 23.8 Å². The van der Waals surface area contributed by atoms with E-state index in [1.54, 1.807) is 33.2 Å². The predicted octanol–water partition coefficient (Wildman–Crippen LogP) is 2.22. The summed E-state index contributed by atoms with van der Waals surface area (Å²) < 4.78 is 10.8. The summed E-state index contributed by atoms with van der Waals surface area (Å²) in [7, 11) is 6.42. The Morgan fingerprint density at radius 3 is 2.22 bits per heavy atom. The van der Waals surface area contributed by atoms with Crippen LogP contribution in [0.5, 0.6) is 11.5 Å². The van der Waals surface area contributed by atoms with Gasteiger partial charge in [0.25, 0.3) is 0 Å². The molecule has 0 aromatic heterocycles. The third-order valence-electron chi connectivity index (χ3n) is 8.28. The Bertz CT molecular complexity index is 1540. The molecule has 3 aromatic rings. The second kappa shape index (κ2) is 15.6. The number of carbonyl (C=O) groups is 3. The number of nitrogens with zero attached hydrogens (tertiary/aromatic N) is 3. The lowest BCUT2D eigenvalue weighted by atomic mass is 9.88. The molecule has 1 aliphatic heterocycles. The molecule has 12 nitrogen and oxygen atoms in total. The highest BCUT2D eigenvalue weighted by Gasteiger charge is 2.42. The van der Waals surface area contributed by atoms with E-state index in [1.807, 2.05) is 72.8 Å². The summed E-state index contributed by atoms with van der Waals surface area (Å²) in [4.78, 5) is 48.3. The van der Waals surface area contributed by atoms with Gasteiger partial charge in [-0.25, -0.2) is 9.79 Å². The Balaban J connectivity index is 1.62. The van der Waals surface area contributed by atoms with Gasteiger partial charge in [0.05, 0.1) is 33.2 Å². The summed E-state index contributed by atoms with van der Waals surface area (Å²) in [6.45, 7) is 1.000. The largest absolute Gasteiger partial charge is 0.497 e. The molecule has 0 saturated carbocycles. The van der Waals surface area contributed by atoms with Crippen LogP contribution in [0, 0.1) is 5.92 Å². The number of hydrogen-bond donors (Lipinski definition) is 4. The Morgan fingerprint density at radius 1 is 0.935 bits per heavy atom. The molecular formula is C34H43N7O5. The zero-order chi connectivity index (χ0) is 33.2. The van der Waals surface area contributed by atoms with Crippen LogP contribution in [-0.4, -0.2) is 81.1 Å². The van der Waals surface area contributed by atoms with E-state index in [0.717, 1.165) is 22.3 Å². The molecule has 46 heavy (non-hydrogen) atoms. The third kappa shape index (κ3) is 8.26. The molecule has 4 rings (SSSR count). The number of ether oxygens (including phenoxy) is 2. The maximum Gasteiger partial charge on any atom is 0.318 e. The van der Waals surface area contributed by atoms with Crippen molar-refractivity contribution in [2.24, 2.45) is 22.4 Å². The number of nitrogens with two attached hydrogens (primary N) is 2. The molecule has 0 unspecified atom stereocenters. The van der Waals surface area contributed by atoms with Gasteiger partial charge in [-0.15, -0.1) is 0 Å². The maximum absolute atomic E-state index is 14.3. The van der Waals surface area contributed by atoms with Gasteiger partial charge in [0.2, 0.25) is 11.8 Å². The molecule has 1 heterocycles. The predicted molar refractivity (Wildman–Crippen MR) is 176 cm³/mol. The molecule has 3 atom stereocenters. The van der Waals surface area contributed by atoms with Crippen LogP contribution in [0.25, 0.3) is 0 Å². The molecule has 0 aliphatic carbocycles. The van der Waals surface area contributed by atoms with E-state index in [4.69, 9.17) is 20.9 Å². The highest BCUT2D eigenvalue weighted by Crippen LogP contribution is 2.34. The first-order chi connectivity index (χ1) is 22.1. The highest BCUT2D eigenvalue weighted by atomic mass is 16.5. The first-order valence-corrected chi connectivity index (χ1v) is 15.0. The van der Waals surface area contributed by atoms with E-state index in [-0.39, 0.29) is 49.7 Å². The smallest absolute Gasteiger partial charge is 0.318 e. The summed E-state index contributed by atoms with van der Waals surface area (Å²) in [5.41, 5.74) is 14.6. The number of likely N-dealkylation sites (tertiary alicyclic amines) is 1. The van der Waals surface area contributed by atoms with Gasteiger partial charge in [0.15, 0.2) is 5.96 Å². The number of para-hydroxylation sites is 1. The lowest BCUT2D eigenvalue weighted by molar-refractivity contribution is -0.132. The number of rotatable bonds is 12. The quantitative estimate of drug-likeness (QED) is 0.176. The van der Waals surface area contributed by atoms with Crippen molar-refractivity contribution in [3.8, 4) is 11.5 Å². The number of guanidine groups is 1. The van der Waals surface area contributed by atoms with Gasteiger partial charge in [-0.1, -0.05) is 54.6 Å². The molecule has 0 radical (unpaired) electrons. The van der Waals surface area contributed by atoms with Crippen molar-refractivity contribution in [1.82, 2.24) is 20.4 Å². The first kappa shape index (κ1) is 33.6. The van der Waals surface area contributed by atoms with Gasteiger partial charge in [0, 0.05) is 45.1 Å². The third-order valence-corrected chi connectivity index (χ3v) is 8.28. The Hall–Kier alpha value is -5.26. The minimum absolute atomic E-state index is 0.0458. The second-order valence-corrected chi connectivity index (χ2v) is 11.2. The number of aliphatic imine (C=N–C) groups is 1. The number of methoxy groups -OCH3 is 2. The lowest BCUT2D eigenvalue weighted by Crippen LogP contribution is -2.52. The van der Waals surface area contributed by atoms with Gasteiger partial charge in [-0.2, -0.15) is 0 Å². The van der Waals surface area contributed by atoms with E-state index in [1.165, 1.54) is 4.90 Å². The van der Waals surface area contributed by atoms with Crippen LogP contribution in [0.2, 0.25) is 0 Å². The summed E-state index contributed by atoms with van der Waals surface area (Å²) in [5, 5.41) is 5.72. The standard InChI is InChI=1S/C34H43N7O5/c1-37-31(42)28-21-41(20-27(28)22-13-15-26(45-3)16-14-22)32(43)29(17-23-9-5-6-10-24(23)18-38-33(35)36)39-34(44)40(2)19-25-11-7-8-12-30(25)46-4/h5-16,27-29H,17-21H2,1-4H3,(H,37,42)(H,39,44)(H4,35,36,38)/t27-,28+,29-/m0/s1. The fourth-order valence-corrected chi connectivity index (χ4v) is 5.77. The summed E-state index contributed by atoms with van der Waals surface area (Å²) in [6.07, 6.45) is 0.192. The SMILES string of the molecule is CNC(=O)[C@@H]1CN(C(=O)[C@H](Cc2ccccc2CN=C(N)N)NC(=O)N(C)Cc2ccccc2OC)C[C@H]1c1ccc(OC)cc1. The zero-order valence-electron chi connectivity index (χ0n) is 26.7. The van der Waals surface area contributed by atoms with E-state index in [0.29, 0.717) is 18.0 Å². The molecular weight excluding hydrogens is 586 g/mol. The lowest BCUT2D eigenvalue weighted by Gasteiger charge is -2.28. The van der Waals surface area contributed by atoms with Crippen LogP contribution in [0.3, 0.4) is 0 Å². The monoisotopic (exact) mass is 629 g/mol. The molecule has 0 spiro atoms. The summed E-state index contributed by atoms with van der Waals surface area (Å²) in [5.74, 6) is 0.150. The van der Waals surface area contributed by atoms with E-state index < -0.39 is 18.0 Å². The first-order valence-electron chi connectivity index (χ1n) is 15.0. The van der Waals surface area contributed by atoms with Crippen molar-refractivity contribution < 1.29 is 23.9 Å². The van der Waals surface area contributed by atoms with Crippen molar-refractivity contribution in [2.75, 3.05) is 41.4 Å². The molecule has 0 bridgehead atoms. The highest BCUT2D eigenvalue weighted by molar-refractivity contribution is 5.89. The molecule has 12 heteroatoms. The van der Waals surface area contributed by atoms with Gasteiger partial charge in [0.1, 0.15) is 17.5 Å². The van der Waals surface area contributed by atoms with Crippen molar-refractivity contribution in [2.45, 2.75) is 31.5 Å². The number of urea groups is 1. The van der Waals surface area contributed by atoms with E-state index in [2.05, 4.69) is 15.6 Å². The van der Waals surface area contributed by atoms with Crippen molar-refractivity contribution in [3.63, 3.8) is 0 Å². The average Bonchev–Trinajstić information content (AvgIpc) is 3.52. The van der Waals surface area contributed by atoms with Crippen LogP contribution >= 0.6 is 0 Å². The van der Waals surface area contributed by atoms with Crippen LogP contribution < -0.4 is 31.6 Å². The van der Waals surface area contributed by atoms with Gasteiger partial charge < -0.3 is 41.4 Å². The Morgan fingerprint density at radius 2 is 1.59 bits per heavy atom. The van der Waals surface area contributed by atoms with Crippen molar-refractivity contribution in [3.05, 3.63) is 95.1 Å². The minimum atomic E-state index is -0.937. The van der Waals surface area contributed by atoms with Gasteiger partial charge in [-0.05, 0) is 34.9 Å². The molecule has 4 amide bonds. The number of benzene rings is 3. The maximum atomic E-state index is 14.3. The second-order valence-electron chi connectivity index (χ2n) is 11.2. The summed E-state index contributed by atoms with van der Waals surface area (Å²) >= 11 is 0. The Labute approximate surface area is 269 Å². The van der Waals surface area contributed by atoms with E-state index >= 15 is 0 Å². The molecule has 3 aromatic carbocycles. The van der Waals surface area contributed by atoms with Crippen molar-refractivity contribution in [1.29, 1.82) is 0 Å². The molecule has 1 fully saturated rings. The van der Waals surface area contributed by atoms with Crippen LogP contribution in [-0.2, 0) is 29.1 Å². The van der Waals surface area contributed by atoms with Crippen LogP contribution in [0.4, 0.5) is 4.79 Å². The molecule has 1 aliphatic rings. The molecule has 6 N–H and O–H groups in total. The normalized spacial score (nSPS) is 16.2. The number of carbonyl (C=O) groups excluding carboxylic acids is 3. The Kier molecular flexibility index (Phi) is 11.4. The number of amides is 4. The molecule has 244 valence electrons. The number of nitrogens with one attached hydrogen (secondary N) is 2. The average molecular weight is 630 g/mol. The molecule has 1 saturated heterocycles. The van der Waals surface area contributed by atoms with E-state index in [9.17, 15) is 14.4 Å². The fraction of sp³-hybridized carbons (Fsp3) is 0.353. The van der Waals surface area contributed by atoms with Crippen LogP contribution in [0.15, 0.2) is 77.8 Å². The van der Waals surface area contributed by atoms with Crippen LogP contribution in [0.1, 0.15) is 28.2 Å². The zero-order valence-corrected chi connectivity index (χ0v) is 26.7.